The van der Waals surface area contributed by atoms with E-state index in [2.05, 4.69) is 31.7 Å². The Labute approximate surface area is 135 Å². The van der Waals surface area contributed by atoms with Gasteiger partial charge >= 0.3 is 6.03 Å². The molecule has 8 heteroatoms. The number of anilines is 2. The average molecular weight is 366 g/mol. The monoisotopic (exact) mass is 365 g/mol. The third-order valence-corrected chi connectivity index (χ3v) is 3.96. The van der Waals surface area contributed by atoms with Crippen LogP contribution in [-0.4, -0.2) is 40.1 Å². The first kappa shape index (κ1) is 14.8. The largest absolute Gasteiger partial charge is 0.384 e. The number of amides is 3. The van der Waals surface area contributed by atoms with Gasteiger partial charge in [0.25, 0.3) is 0 Å². The number of urea groups is 1. The number of alkyl halides is 1. The van der Waals surface area contributed by atoms with Crippen molar-refractivity contribution in [3.05, 3.63) is 18.2 Å². The van der Waals surface area contributed by atoms with Crippen molar-refractivity contribution < 1.29 is 9.59 Å². The van der Waals surface area contributed by atoms with E-state index in [1.807, 2.05) is 25.2 Å². The van der Waals surface area contributed by atoms with Crippen LogP contribution >= 0.6 is 15.9 Å². The summed E-state index contributed by atoms with van der Waals surface area (Å²) in [6, 6.07) is 5.49. The molecule has 1 saturated heterocycles. The average Bonchev–Trinajstić information content (AvgIpc) is 2.82. The second-order valence-electron chi connectivity index (χ2n) is 5.05. The van der Waals surface area contributed by atoms with E-state index in [0.29, 0.717) is 12.4 Å². The summed E-state index contributed by atoms with van der Waals surface area (Å²) in [7, 11) is 1.84. The third-order valence-electron chi connectivity index (χ3n) is 3.57. The molecule has 1 aliphatic heterocycles. The Morgan fingerprint density at radius 2 is 2.23 bits per heavy atom. The molecule has 1 fully saturated rings. The lowest BCUT2D eigenvalue weighted by Crippen LogP contribution is -2.49. The van der Waals surface area contributed by atoms with Crippen LogP contribution in [0.4, 0.5) is 16.3 Å². The van der Waals surface area contributed by atoms with E-state index in [1.165, 1.54) is 4.90 Å². The molecule has 0 atom stereocenters. The molecule has 0 aliphatic carbocycles. The number of carbonyl (C=O) groups excluding carboxylic acids is 2. The van der Waals surface area contributed by atoms with Crippen LogP contribution in [0.3, 0.4) is 0 Å². The SMILES string of the molecule is Cn1nc(N2CCC(=O)NC2=O)c2ccc(NCCBr)cc21. The highest BCUT2D eigenvalue weighted by molar-refractivity contribution is 9.09. The smallest absolute Gasteiger partial charge is 0.329 e. The van der Waals surface area contributed by atoms with E-state index in [-0.39, 0.29) is 12.3 Å². The minimum Gasteiger partial charge on any atom is -0.384 e. The van der Waals surface area contributed by atoms with E-state index >= 15 is 0 Å². The molecule has 1 aromatic heterocycles. The highest BCUT2D eigenvalue weighted by Gasteiger charge is 2.27. The highest BCUT2D eigenvalue weighted by atomic mass is 79.9. The quantitative estimate of drug-likeness (QED) is 0.810. The number of imide groups is 1. The van der Waals surface area contributed by atoms with Crippen molar-refractivity contribution in [3.63, 3.8) is 0 Å². The summed E-state index contributed by atoms with van der Waals surface area (Å²) >= 11 is 3.38. The maximum atomic E-state index is 12.0. The van der Waals surface area contributed by atoms with Crippen LogP contribution in [0.15, 0.2) is 18.2 Å². The molecular formula is C14H16BrN5O2. The number of aromatic nitrogens is 2. The van der Waals surface area contributed by atoms with Crippen LogP contribution in [0.2, 0.25) is 0 Å². The molecule has 1 aromatic carbocycles. The molecule has 1 aliphatic rings. The fraction of sp³-hybridized carbons (Fsp3) is 0.357. The van der Waals surface area contributed by atoms with Crippen molar-refractivity contribution in [2.75, 3.05) is 28.6 Å². The van der Waals surface area contributed by atoms with Crippen molar-refractivity contribution in [3.8, 4) is 0 Å². The molecule has 3 rings (SSSR count). The predicted octanol–water partition coefficient (Wildman–Crippen LogP) is 1.83. The molecule has 3 amide bonds. The second kappa shape index (κ2) is 5.96. The third kappa shape index (κ3) is 2.66. The summed E-state index contributed by atoms with van der Waals surface area (Å²) in [5.74, 6) is 0.331. The fourth-order valence-electron chi connectivity index (χ4n) is 2.51. The van der Waals surface area contributed by atoms with Gasteiger partial charge in [-0.05, 0) is 18.2 Å². The standard InChI is InChI=1S/C14H16BrN5O2/c1-19-11-8-9(16-6-5-15)2-3-10(11)13(18-19)20-7-4-12(21)17-14(20)22/h2-3,8,16H,4-7H2,1H3,(H,17,21,22). The first-order valence-corrected chi connectivity index (χ1v) is 8.10. The van der Waals surface area contributed by atoms with Gasteiger partial charge in [-0.3, -0.25) is 19.7 Å². The maximum absolute atomic E-state index is 12.0. The number of benzene rings is 1. The summed E-state index contributed by atoms with van der Waals surface area (Å²) in [6.45, 7) is 1.17. The molecule has 0 spiro atoms. The van der Waals surface area contributed by atoms with Crippen molar-refractivity contribution >= 4 is 50.3 Å². The number of hydrogen-bond donors (Lipinski definition) is 2. The molecule has 2 heterocycles. The molecule has 7 nitrogen and oxygen atoms in total. The lowest BCUT2D eigenvalue weighted by Gasteiger charge is -2.24. The zero-order valence-corrected chi connectivity index (χ0v) is 13.7. The minimum absolute atomic E-state index is 0.247. The van der Waals surface area contributed by atoms with Gasteiger partial charge in [-0.1, -0.05) is 15.9 Å². The van der Waals surface area contributed by atoms with Crippen LogP contribution in [0, 0.1) is 0 Å². The summed E-state index contributed by atoms with van der Waals surface area (Å²) in [6.07, 6.45) is 0.286. The number of aryl methyl sites for hydroxylation is 1. The molecule has 2 aromatic rings. The van der Waals surface area contributed by atoms with Gasteiger partial charge in [-0.15, -0.1) is 0 Å². The van der Waals surface area contributed by atoms with Crippen molar-refractivity contribution in [2.45, 2.75) is 6.42 Å². The van der Waals surface area contributed by atoms with Crippen LogP contribution in [-0.2, 0) is 11.8 Å². The molecule has 0 saturated carbocycles. The van der Waals surface area contributed by atoms with Gasteiger partial charge in [0.2, 0.25) is 5.91 Å². The Hall–Kier alpha value is -2.09. The summed E-state index contributed by atoms with van der Waals surface area (Å²) in [5, 5.41) is 11.8. The van der Waals surface area contributed by atoms with Gasteiger partial charge in [0, 0.05) is 43.0 Å². The number of halogens is 1. The van der Waals surface area contributed by atoms with Crippen molar-refractivity contribution in [1.29, 1.82) is 0 Å². The van der Waals surface area contributed by atoms with Crippen LogP contribution in [0.5, 0.6) is 0 Å². The number of nitrogens with one attached hydrogen (secondary N) is 2. The second-order valence-corrected chi connectivity index (χ2v) is 5.84. The van der Waals surface area contributed by atoms with Gasteiger partial charge in [0.15, 0.2) is 5.82 Å². The molecule has 0 radical (unpaired) electrons. The zero-order chi connectivity index (χ0) is 15.7. The van der Waals surface area contributed by atoms with E-state index in [0.717, 1.165) is 28.5 Å². The Bertz CT molecular complexity index is 742. The summed E-state index contributed by atoms with van der Waals surface area (Å²) in [4.78, 5) is 24.8. The fourth-order valence-corrected chi connectivity index (χ4v) is 2.70. The van der Waals surface area contributed by atoms with Crippen molar-refractivity contribution in [2.24, 2.45) is 7.05 Å². The Balaban J connectivity index is 1.97. The number of fused-ring (bicyclic) bond motifs is 1. The topological polar surface area (TPSA) is 79.3 Å². The Kier molecular flexibility index (Phi) is 4.02. The molecule has 116 valence electrons. The predicted molar refractivity (Wildman–Crippen MR) is 88.5 cm³/mol. The first-order valence-electron chi connectivity index (χ1n) is 6.98. The van der Waals surface area contributed by atoms with Gasteiger partial charge in [0.05, 0.1) is 5.52 Å². The van der Waals surface area contributed by atoms with Gasteiger partial charge in [-0.2, -0.15) is 5.10 Å². The van der Waals surface area contributed by atoms with E-state index < -0.39 is 6.03 Å². The lowest BCUT2D eigenvalue weighted by atomic mass is 10.2. The molecule has 0 bridgehead atoms. The highest BCUT2D eigenvalue weighted by Crippen LogP contribution is 2.29. The van der Waals surface area contributed by atoms with E-state index in [1.54, 1.807) is 4.68 Å². The number of nitrogens with zero attached hydrogens (tertiary/aromatic N) is 3. The van der Waals surface area contributed by atoms with Crippen LogP contribution in [0.1, 0.15) is 6.42 Å². The van der Waals surface area contributed by atoms with Gasteiger partial charge < -0.3 is 5.32 Å². The first-order chi connectivity index (χ1) is 10.6. The molecular weight excluding hydrogens is 350 g/mol. The summed E-state index contributed by atoms with van der Waals surface area (Å²) < 4.78 is 1.74. The number of carbonyl (C=O) groups is 2. The molecule has 2 N–H and O–H groups in total. The maximum Gasteiger partial charge on any atom is 0.329 e. The Morgan fingerprint density at radius 1 is 1.41 bits per heavy atom. The van der Waals surface area contributed by atoms with Crippen LogP contribution < -0.4 is 15.5 Å². The molecule has 22 heavy (non-hydrogen) atoms. The lowest BCUT2D eigenvalue weighted by molar-refractivity contribution is -0.120. The van der Waals surface area contributed by atoms with Crippen molar-refractivity contribution in [1.82, 2.24) is 15.1 Å². The zero-order valence-electron chi connectivity index (χ0n) is 12.1. The van der Waals surface area contributed by atoms with E-state index in [9.17, 15) is 9.59 Å². The van der Waals surface area contributed by atoms with Crippen LogP contribution in [0.25, 0.3) is 10.9 Å². The number of rotatable bonds is 4. The minimum atomic E-state index is -0.419. The van der Waals surface area contributed by atoms with Gasteiger partial charge in [0.1, 0.15) is 0 Å². The number of hydrogen-bond acceptors (Lipinski definition) is 4. The van der Waals surface area contributed by atoms with Gasteiger partial charge in [-0.25, -0.2) is 4.79 Å². The molecule has 0 unspecified atom stereocenters. The normalized spacial score (nSPS) is 15.3. The van der Waals surface area contributed by atoms with E-state index in [4.69, 9.17) is 0 Å². The Morgan fingerprint density at radius 3 is 2.95 bits per heavy atom. The summed E-state index contributed by atoms with van der Waals surface area (Å²) in [5.41, 5.74) is 1.93.